The van der Waals surface area contributed by atoms with Crippen LogP contribution in [0.25, 0.3) is 0 Å². The zero-order valence-electron chi connectivity index (χ0n) is 23.6. The molecule has 1 aromatic carbocycles. The predicted octanol–water partition coefficient (Wildman–Crippen LogP) is 3.48. The fourth-order valence-electron chi connectivity index (χ4n) is 5.49. The van der Waals surface area contributed by atoms with Crippen LogP contribution < -0.4 is 16.0 Å². The van der Waals surface area contributed by atoms with E-state index >= 15 is 0 Å². The van der Waals surface area contributed by atoms with Crippen molar-refractivity contribution in [2.24, 2.45) is 16.7 Å². The van der Waals surface area contributed by atoms with Crippen molar-refractivity contribution in [2.45, 2.75) is 98.4 Å². The Morgan fingerprint density at radius 2 is 1.68 bits per heavy atom. The summed E-state index contributed by atoms with van der Waals surface area (Å²) >= 11 is 0. The van der Waals surface area contributed by atoms with Crippen molar-refractivity contribution >= 4 is 23.7 Å². The summed E-state index contributed by atoms with van der Waals surface area (Å²) < 4.78 is 5.25. The summed E-state index contributed by atoms with van der Waals surface area (Å²) in [6.45, 7) is 12.0. The van der Waals surface area contributed by atoms with Crippen molar-refractivity contribution in [2.75, 3.05) is 6.54 Å². The Morgan fingerprint density at radius 3 is 2.26 bits per heavy atom. The number of rotatable bonds is 12. The summed E-state index contributed by atoms with van der Waals surface area (Å²) in [4.78, 5) is 51.1. The number of amides is 3. The molecule has 1 fully saturated rings. The number of alkyl carbamates (subject to hydrolysis) is 1. The Hall–Kier alpha value is -2.94. The topological polar surface area (TPSA) is 134 Å². The van der Waals surface area contributed by atoms with Crippen LogP contribution in [0.2, 0.25) is 0 Å². The molecule has 3 amide bonds. The number of benzene rings is 1. The number of carbonyl (C=O) groups excluding carboxylic acids is 4. The number of Topliss-reactive ketones (excluding diaryl/α,β-unsaturated/α-hetero) is 1. The molecule has 0 heterocycles. The molecule has 1 aliphatic carbocycles. The first-order valence-corrected chi connectivity index (χ1v) is 13.5. The van der Waals surface area contributed by atoms with E-state index in [1.165, 1.54) is 0 Å². The Bertz CT molecular complexity index is 964. The molecule has 2 rings (SSSR count). The minimum absolute atomic E-state index is 0.0616. The summed E-state index contributed by atoms with van der Waals surface area (Å²) in [7, 11) is 0. The summed E-state index contributed by atoms with van der Waals surface area (Å²) in [5.74, 6) is -1.98. The molecule has 0 saturated heterocycles. The first kappa shape index (κ1) is 31.3. The van der Waals surface area contributed by atoms with E-state index in [9.17, 15) is 24.3 Å². The van der Waals surface area contributed by atoms with Crippen molar-refractivity contribution in [1.29, 1.82) is 0 Å². The summed E-state index contributed by atoms with van der Waals surface area (Å²) in [6.07, 6.45) is 1.41. The first-order chi connectivity index (χ1) is 17.7. The van der Waals surface area contributed by atoms with Gasteiger partial charge in [-0.1, -0.05) is 71.9 Å². The summed E-state index contributed by atoms with van der Waals surface area (Å²) in [6, 6.07) is 7.23. The molecular weight excluding hydrogens is 486 g/mol. The molecule has 38 heavy (non-hydrogen) atoms. The van der Waals surface area contributed by atoms with Crippen molar-refractivity contribution < 1.29 is 29.0 Å². The van der Waals surface area contributed by atoms with Crippen LogP contribution in [0.15, 0.2) is 30.3 Å². The molecule has 0 spiro atoms. The fraction of sp³-hybridized carbons (Fsp3) is 0.655. The monoisotopic (exact) mass is 531 g/mol. The molecule has 4 N–H and O–H groups in total. The van der Waals surface area contributed by atoms with Crippen LogP contribution in [0.1, 0.15) is 79.2 Å². The van der Waals surface area contributed by atoms with Gasteiger partial charge < -0.3 is 25.8 Å². The first-order valence-electron chi connectivity index (χ1n) is 13.5. The fourth-order valence-corrected chi connectivity index (χ4v) is 5.49. The molecule has 3 unspecified atom stereocenters. The average Bonchev–Trinajstić information content (AvgIpc) is 2.82. The Kier molecular flexibility index (Phi) is 11.3. The number of nitrogens with one attached hydrogen (secondary N) is 3. The molecule has 0 aromatic heterocycles. The summed E-state index contributed by atoms with van der Waals surface area (Å²) in [5, 5.41) is 18.2. The van der Waals surface area contributed by atoms with E-state index < -0.39 is 41.9 Å². The number of aliphatic hydroxyl groups excluding tert-OH is 1. The van der Waals surface area contributed by atoms with Gasteiger partial charge >= 0.3 is 6.09 Å². The van der Waals surface area contributed by atoms with Gasteiger partial charge in [-0.25, -0.2) is 4.79 Å². The highest BCUT2D eigenvalue weighted by molar-refractivity contribution is 6.38. The van der Waals surface area contributed by atoms with Crippen LogP contribution in [-0.4, -0.2) is 53.5 Å². The van der Waals surface area contributed by atoms with Gasteiger partial charge in [-0.15, -0.1) is 0 Å². The van der Waals surface area contributed by atoms with Crippen LogP contribution in [-0.2, 0) is 25.7 Å². The molecule has 9 heteroatoms. The third kappa shape index (κ3) is 10.1. The lowest BCUT2D eigenvalue weighted by Crippen LogP contribution is -2.54. The minimum atomic E-state index is -1.03. The Balaban J connectivity index is 1.95. The third-order valence-electron chi connectivity index (χ3n) is 6.89. The Labute approximate surface area is 226 Å². The quantitative estimate of drug-likeness (QED) is 0.305. The largest absolute Gasteiger partial charge is 0.445 e. The normalized spacial score (nSPS) is 22.2. The molecule has 0 radical (unpaired) electrons. The van der Waals surface area contributed by atoms with Crippen LogP contribution in [0.4, 0.5) is 4.79 Å². The second kappa shape index (κ2) is 13.7. The second-order valence-electron chi connectivity index (χ2n) is 12.1. The zero-order chi connectivity index (χ0) is 28.5. The van der Waals surface area contributed by atoms with Crippen molar-refractivity contribution in [1.82, 2.24) is 16.0 Å². The van der Waals surface area contributed by atoms with Gasteiger partial charge in [-0.3, -0.25) is 14.4 Å². The number of ketones is 1. The number of hydrogen-bond acceptors (Lipinski definition) is 6. The number of hydrogen-bond donors (Lipinski definition) is 4. The number of ether oxygens (including phenoxy) is 1. The molecule has 9 nitrogen and oxygen atoms in total. The maximum absolute atomic E-state index is 13.1. The van der Waals surface area contributed by atoms with Gasteiger partial charge in [0.05, 0.1) is 12.1 Å². The maximum Gasteiger partial charge on any atom is 0.408 e. The predicted molar refractivity (Wildman–Crippen MR) is 145 cm³/mol. The van der Waals surface area contributed by atoms with Crippen molar-refractivity contribution in [3.05, 3.63) is 35.9 Å². The highest BCUT2D eigenvalue weighted by Gasteiger charge is 2.41. The third-order valence-corrected chi connectivity index (χ3v) is 6.89. The van der Waals surface area contributed by atoms with Crippen LogP contribution in [0, 0.1) is 16.7 Å². The van der Waals surface area contributed by atoms with E-state index in [4.69, 9.17) is 4.74 Å². The van der Waals surface area contributed by atoms with Gasteiger partial charge in [0.15, 0.2) is 0 Å². The zero-order valence-corrected chi connectivity index (χ0v) is 23.6. The molecular formula is C29H45N3O6. The number of carbonyl (C=O) groups is 4. The van der Waals surface area contributed by atoms with E-state index in [2.05, 4.69) is 29.8 Å². The van der Waals surface area contributed by atoms with Crippen molar-refractivity contribution in [3.63, 3.8) is 0 Å². The molecule has 1 aromatic rings. The lowest BCUT2D eigenvalue weighted by atomic mass is 9.63. The van der Waals surface area contributed by atoms with Gasteiger partial charge in [-0.2, -0.15) is 0 Å². The van der Waals surface area contributed by atoms with E-state index in [0.717, 1.165) is 12.0 Å². The maximum atomic E-state index is 13.1. The average molecular weight is 532 g/mol. The van der Waals surface area contributed by atoms with Gasteiger partial charge in [-0.05, 0) is 54.4 Å². The minimum Gasteiger partial charge on any atom is -0.445 e. The van der Waals surface area contributed by atoms with Crippen LogP contribution in [0.5, 0.6) is 0 Å². The summed E-state index contributed by atoms with van der Waals surface area (Å²) in [5.41, 5.74) is 0.409. The highest BCUT2D eigenvalue weighted by atomic mass is 16.5. The van der Waals surface area contributed by atoms with Crippen LogP contribution in [0.3, 0.4) is 0 Å². The lowest BCUT2D eigenvalue weighted by molar-refractivity contribution is -0.140. The molecule has 1 aliphatic rings. The highest BCUT2D eigenvalue weighted by Crippen LogP contribution is 2.45. The van der Waals surface area contributed by atoms with E-state index in [1.54, 1.807) is 6.92 Å². The molecule has 4 atom stereocenters. The van der Waals surface area contributed by atoms with Gasteiger partial charge in [0.2, 0.25) is 11.7 Å². The second-order valence-corrected chi connectivity index (χ2v) is 12.1. The number of aliphatic hydroxyl groups is 1. The van der Waals surface area contributed by atoms with Gasteiger partial charge in [0, 0.05) is 6.54 Å². The van der Waals surface area contributed by atoms with Gasteiger partial charge in [0.1, 0.15) is 12.6 Å². The van der Waals surface area contributed by atoms with E-state index in [1.807, 2.05) is 51.1 Å². The molecule has 1 saturated carbocycles. The van der Waals surface area contributed by atoms with E-state index in [0.29, 0.717) is 19.3 Å². The van der Waals surface area contributed by atoms with Crippen molar-refractivity contribution in [3.8, 4) is 0 Å². The Morgan fingerprint density at radius 1 is 1.03 bits per heavy atom. The van der Waals surface area contributed by atoms with Gasteiger partial charge in [0.25, 0.3) is 5.91 Å². The molecule has 0 bridgehead atoms. The van der Waals surface area contributed by atoms with E-state index in [-0.39, 0.29) is 36.3 Å². The molecule has 0 aliphatic heterocycles. The SMILES string of the molecule is CCC(NC(=O)[C@H](CC(C)C)NC(=O)OCc1ccccc1)C(=O)C(=O)NCC1(C)CC(O)CC(C)(C)C1. The van der Waals surface area contributed by atoms with Crippen LogP contribution >= 0.6 is 0 Å². The smallest absolute Gasteiger partial charge is 0.408 e. The lowest BCUT2D eigenvalue weighted by Gasteiger charge is -2.45. The standard InChI is InChI=1S/C29H45N3O6/c1-7-22(24(34)26(36)30-18-29(6)15-21(33)14-28(4,5)17-29)31-25(35)23(13-19(2)3)32-27(37)38-16-20-11-9-8-10-12-20/h8-12,19,21-23,33H,7,13-18H2,1-6H3,(H,30,36)(H,31,35)(H,32,37)/t21?,22?,23-,29?/m0/s1. The molecule has 212 valence electrons.